The monoisotopic (exact) mass is 444 g/mol. The Morgan fingerprint density at radius 2 is 1.76 bits per heavy atom. The second kappa shape index (κ2) is 8.02. The molecule has 1 N–H and O–H groups in total. The topological polar surface area (TPSA) is 95.2 Å². The summed E-state index contributed by atoms with van der Waals surface area (Å²) >= 11 is 0. The minimum atomic E-state index is -0.460. The first kappa shape index (κ1) is 20.6. The van der Waals surface area contributed by atoms with Crippen LogP contribution >= 0.6 is 0 Å². The van der Waals surface area contributed by atoms with Gasteiger partial charge in [0.1, 0.15) is 23.3 Å². The van der Waals surface area contributed by atoms with E-state index in [-0.39, 0.29) is 23.6 Å². The third-order valence-electron chi connectivity index (χ3n) is 5.87. The average molecular weight is 444 g/mol. The van der Waals surface area contributed by atoms with Crippen LogP contribution in [0.25, 0.3) is 22.1 Å². The van der Waals surface area contributed by atoms with E-state index in [0.717, 1.165) is 5.56 Å². The number of rotatable bonds is 4. The van der Waals surface area contributed by atoms with Crippen molar-refractivity contribution in [1.29, 1.82) is 0 Å². The van der Waals surface area contributed by atoms with Gasteiger partial charge in [0.15, 0.2) is 11.5 Å². The van der Waals surface area contributed by atoms with E-state index in [9.17, 15) is 14.7 Å². The number of hydrogen-bond acceptors (Lipinski definition) is 7. The Morgan fingerprint density at radius 1 is 0.970 bits per heavy atom. The van der Waals surface area contributed by atoms with Gasteiger partial charge in [-0.15, -0.1) is 0 Å². The molecule has 7 heteroatoms. The highest BCUT2D eigenvalue weighted by atomic mass is 16.5. The molecule has 5 rings (SSSR count). The SMILES string of the molecule is COc1cccc([C@H]2CC(=O)Oc3ccc4c(=O)c(-c5ccc(O)cc5)coc4c32)c1OC. The molecule has 1 atom stereocenters. The van der Waals surface area contributed by atoms with Gasteiger partial charge in [-0.3, -0.25) is 9.59 Å². The van der Waals surface area contributed by atoms with E-state index < -0.39 is 5.92 Å². The van der Waals surface area contributed by atoms with Crippen LogP contribution in [-0.4, -0.2) is 25.3 Å². The van der Waals surface area contributed by atoms with E-state index in [1.54, 1.807) is 37.4 Å². The summed E-state index contributed by atoms with van der Waals surface area (Å²) in [6.07, 6.45) is 1.45. The van der Waals surface area contributed by atoms with Crippen molar-refractivity contribution in [2.45, 2.75) is 12.3 Å². The highest BCUT2D eigenvalue weighted by molar-refractivity contribution is 5.90. The number of methoxy groups -OCH3 is 2. The number of phenols is 1. The summed E-state index contributed by atoms with van der Waals surface area (Å²) in [4.78, 5) is 25.8. The number of phenolic OH excluding ortho intramolecular Hbond substituents is 1. The molecule has 2 heterocycles. The predicted octanol–water partition coefficient (Wildman–Crippen LogP) is 4.62. The lowest BCUT2D eigenvalue weighted by atomic mass is 9.84. The largest absolute Gasteiger partial charge is 0.508 e. The molecule has 0 bridgehead atoms. The van der Waals surface area contributed by atoms with Crippen LogP contribution in [-0.2, 0) is 4.79 Å². The molecular formula is C26H20O7. The maximum Gasteiger partial charge on any atom is 0.312 e. The van der Waals surface area contributed by atoms with Crippen LogP contribution in [0.4, 0.5) is 0 Å². The third-order valence-corrected chi connectivity index (χ3v) is 5.87. The minimum absolute atomic E-state index is 0.0546. The first-order valence-electron chi connectivity index (χ1n) is 10.3. The van der Waals surface area contributed by atoms with Crippen molar-refractivity contribution in [1.82, 2.24) is 0 Å². The van der Waals surface area contributed by atoms with Gasteiger partial charge >= 0.3 is 5.97 Å². The lowest BCUT2D eigenvalue weighted by molar-refractivity contribution is -0.135. The van der Waals surface area contributed by atoms with Gasteiger partial charge in [0, 0.05) is 17.0 Å². The summed E-state index contributed by atoms with van der Waals surface area (Å²) in [6, 6.07) is 15.0. The fourth-order valence-electron chi connectivity index (χ4n) is 4.35. The van der Waals surface area contributed by atoms with Gasteiger partial charge in [-0.2, -0.15) is 0 Å². The summed E-state index contributed by atoms with van der Waals surface area (Å²) in [7, 11) is 3.08. The van der Waals surface area contributed by atoms with E-state index in [1.807, 2.05) is 12.1 Å². The standard InChI is InChI=1S/C26H20O7/c1-30-21-5-3-4-16(25(21)31-2)18-12-22(28)33-20-11-10-17-24(29)19(13-32-26(17)23(18)20)14-6-8-15(27)9-7-14/h3-11,13,18,27H,12H2,1-2H3/t18-/m1/s1. The van der Waals surface area contributed by atoms with Crippen LogP contribution in [0.5, 0.6) is 23.0 Å². The lowest BCUT2D eigenvalue weighted by Gasteiger charge is -2.27. The van der Waals surface area contributed by atoms with Crippen LogP contribution in [0.3, 0.4) is 0 Å². The van der Waals surface area contributed by atoms with Crippen molar-refractivity contribution < 1.29 is 28.5 Å². The van der Waals surface area contributed by atoms with Crippen molar-refractivity contribution >= 4 is 16.9 Å². The summed E-state index contributed by atoms with van der Waals surface area (Å²) in [5.74, 6) is 0.638. The normalized spacial score (nSPS) is 15.1. The molecule has 0 fully saturated rings. The van der Waals surface area contributed by atoms with E-state index in [1.165, 1.54) is 25.5 Å². The minimum Gasteiger partial charge on any atom is -0.508 e. The van der Waals surface area contributed by atoms with Crippen molar-refractivity contribution in [2.24, 2.45) is 0 Å². The molecule has 0 unspecified atom stereocenters. The molecule has 1 aliphatic rings. The molecule has 0 radical (unpaired) electrons. The molecule has 1 aromatic heterocycles. The van der Waals surface area contributed by atoms with E-state index in [4.69, 9.17) is 18.6 Å². The molecule has 166 valence electrons. The lowest BCUT2D eigenvalue weighted by Crippen LogP contribution is -2.22. The van der Waals surface area contributed by atoms with Gasteiger partial charge in [-0.25, -0.2) is 0 Å². The number of ether oxygens (including phenoxy) is 3. The van der Waals surface area contributed by atoms with Gasteiger partial charge in [0.2, 0.25) is 5.43 Å². The molecule has 0 aliphatic carbocycles. The zero-order chi connectivity index (χ0) is 23.1. The maximum absolute atomic E-state index is 13.4. The molecule has 33 heavy (non-hydrogen) atoms. The second-order valence-corrected chi connectivity index (χ2v) is 7.69. The fraction of sp³-hybridized carbons (Fsp3) is 0.154. The van der Waals surface area contributed by atoms with Gasteiger partial charge in [-0.05, 0) is 35.9 Å². The maximum atomic E-state index is 13.4. The Balaban J connectivity index is 1.75. The first-order chi connectivity index (χ1) is 16.0. The number of para-hydroxylation sites is 1. The Kier molecular flexibility index (Phi) is 5.01. The summed E-state index contributed by atoms with van der Waals surface area (Å²) < 4.78 is 22.5. The molecule has 0 saturated heterocycles. The molecule has 7 nitrogen and oxygen atoms in total. The molecule has 4 aromatic rings. The van der Waals surface area contributed by atoms with Crippen LogP contribution in [0, 0.1) is 0 Å². The number of carbonyl (C=O) groups excluding carboxylic acids is 1. The number of fused-ring (bicyclic) bond motifs is 3. The predicted molar refractivity (Wildman–Crippen MR) is 121 cm³/mol. The Bertz CT molecular complexity index is 1430. The average Bonchev–Trinajstić information content (AvgIpc) is 2.83. The smallest absolute Gasteiger partial charge is 0.312 e. The highest BCUT2D eigenvalue weighted by Gasteiger charge is 2.34. The number of benzene rings is 3. The number of carbonyl (C=O) groups is 1. The van der Waals surface area contributed by atoms with Crippen molar-refractivity contribution in [3.05, 3.63) is 82.2 Å². The molecule has 0 amide bonds. The van der Waals surface area contributed by atoms with Crippen LogP contribution in [0.15, 0.2) is 70.1 Å². The Labute approximate surface area is 188 Å². The zero-order valence-corrected chi connectivity index (χ0v) is 18.0. The molecule has 0 saturated carbocycles. The van der Waals surface area contributed by atoms with Gasteiger partial charge in [-0.1, -0.05) is 24.3 Å². The molecular weight excluding hydrogens is 424 g/mol. The summed E-state index contributed by atoms with van der Waals surface area (Å²) in [5.41, 5.74) is 2.45. The van der Waals surface area contributed by atoms with Crippen molar-refractivity contribution in [3.8, 4) is 34.1 Å². The second-order valence-electron chi connectivity index (χ2n) is 7.69. The highest BCUT2D eigenvalue weighted by Crippen LogP contribution is 2.47. The van der Waals surface area contributed by atoms with Crippen LogP contribution < -0.4 is 19.6 Å². The third kappa shape index (κ3) is 3.38. The van der Waals surface area contributed by atoms with Crippen molar-refractivity contribution in [2.75, 3.05) is 14.2 Å². The number of hydrogen-bond donors (Lipinski definition) is 1. The molecule has 1 aliphatic heterocycles. The van der Waals surface area contributed by atoms with E-state index in [0.29, 0.717) is 44.9 Å². The number of esters is 1. The zero-order valence-electron chi connectivity index (χ0n) is 18.0. The van der Waals surface area contributed by atoms with Crippen molar-refractivity contribution in [3.63, 3.8) is 0 Å². The van der Waals surface area contributed by atoms with Crippen LogP contribution in [0.1, 0.15) is 23.5 Å². The van der Waals surface area contributed by atoms with Crippen LogP contribution in [0.2, 0.25) is 0 Å². The Hall–Kier alpha value is -4.26. The molecule has 0 spiro atoms. The number of aromatic hydroxyl groups is 1. The van der Waals surface area contributed by atoms with E-state index >= 15 is 0 Å². The quantitative estimate of drug-likeness (QED) is 0.362. The summed E-state index contributed by atoms with van der Waals surface area (Å²) in [6.45, 7) is 0. The summed E-state index contributed by atoms with van der Waals surface area (Å²) in [5, 5.41) is 9.92. The van der Waals surface area contributed by atoms with Gasteiger partial charge in [0.05, 0.1) is 31.6 Å². The first-order valence-corrected chi connectivity index (χ1v) is 10.3. The molecule has 3 aromatic carbocycles. The fourth-order valence-corrected chi connectivity index (χ4v) is 4.35. The van der Waals surface area contributed by atoms with Gasteiger partial charge < -0.3 is 23.7 Å². The van der Waals surface area contributed by atoms with Gasteiger partial charge in [0.25, 0.3) is 0 Å². The Morgan fingerprint density at radius 3 is 2.48 bits per heavy atom. The van der Waals surface area contributed by atoms with E-state index in [2.05, 4.69) is 0 Å².